The molecule has 1 aromatic heterocycles. The van der Waals surface area contributed by atoms with Gasteiger partial charge in [-0.1, -0.05) is 12.1 Å². The highest BCUT2D eigenvalue weighted by molar-refractivity contribution is 6.10. The number of fused-ring (bicyclic) bond motifs is 1. The standard InChI is InChI=1S/C20H14N2O5/c1-26-14-8-6-13(7-9-14)22-19(24)12(11-21)10-16-18(23)15-4-2-3-5-17(15)27-20(16)25/h2-10,23H,1H3,(H,22,24)/b12-10+. The van der Waals surface area contributed by atoms with Crippen LogP contribution in [-0.2, 0) is 4.79 Å². The van der Waals surface area contributed by atoms with Gasteiger partial charge in [-0.2, -0.15) is 5.26 Å². The number of ether oxygens (including phenoxy) is 1. The van der Waals surface area contributed by atoms with Gasteiger partial charge < -0.3 is 19.6 Å². The lowest BCUT2D eigenvalue weighted by Crippen LogP contribution is -2.14. The number of carbonyl (C=O) groups is 1. The molecule has 0 saturated carbocycles. The first-order valence-corrected chi connectivity index (χ1v) is 7.85. The molecule has 7 nitrogen and oxygen atoms in total. The van der Waals surface area contributed by atoms with Crippen LogP contribution in [0.1, 0.15) is 5.56 Å². The minimum Gasteiger partial charge on any atom is -0.506 e. The summed E-state index contributed by atoms with van der Waals surface area (Å²) in [7, 11) is 1.52. The summed E-state index contributed by atoms with van der Waals surface area (Å²) in [4.78, 5) is 24.5. The number of aromatic hydroxyl groups is 1. The zero-order chi connectivity index (χ0) is 19.4. The van der Waals surface area contributed by atoms with Gasteiger partial charge >= 0.3 is 5.63 Å². The van der Waals surface area contributed by atoms with E-state index in [1.807, 2.05) is 0 Å². The topological polar surface area (TPSA) is 113 Å². The van der Waals surface area contributed by atoms with Crippen LogP contribution in [0.5, 0.6) is 11.5 Å². The number of para-hydroxylation sites is 1. The number of nitriles is 1. The molecule has 0 aliphatic carbocycles. The molecule has 0 saturated heterocycles. The van der Waals surface area contributed by atoms with Crippen molar-refractivity contribution in [1.29, 1.82) is 5.26 Å². The van der Waals surface area contributed by atoms with E-state index in [0.29, 0.717) is 16.8 Å². The number of hydrogen-bond acceptors (Lipinski definition) is 6. The van der Waals surface area contributed by atoms with E-state index in [0.717, 1.165) is 6.08 Å². The van der Waals surface area contributed by atoms with Gasteiger partial charge in [-0.05, 0) is 42.5 Å². The maximum Gasteiger partial charge on any atom is 0.347 e. The second kappa shape index (κ2) is 7.45. The number of anilines is 1. The minimum atomic E-state index is -0.851. The first-order valence-electron chi connectivity index (χ1n) is 7.85. The van der Waals surface area contributed by atoms with Crippen LogP contribution in [-0.4, -0.2) is 18.1 Å². The fraction of sp³-hybridized carbons (Fsp3) is 0.0500. The molecule has 0 aliphatic rings. The Balaban J connectivity index is 1.96. The van der Waals surface area contributed by atoms with Crippen molar-refractivity contribution in [1.82, 2.24) is 0 Å². The zero-order valence-electron chi connectivity index (χ0n) is 14.2. The monoisotopic (exact) mass is 362 g/mol. The average molecular weight is 362 g/mol. The van der Waals surface area contributed by atoms with Gasteiger partial charge in [0.05, 0.1) is 12.5 Å². The predicted octanol–water partition coefficient (Wildman–Crippen LogP) is 3.05. The normalized spacial score (nSPS) is 11.0. The van der Waals surface area contributed by atoms with Crippen molar-refractivity contribution in [3.05, 3.63) is 70.1 Å². The van der Waals surface area contributed by atoms with Gasteiger partial charge in [0, 0.05) is 5.69 Å². The molecule has 0 aliphatic heterocycles. The number of hydrogen-bond donors (Lipinski definition) is 2. The SMILES string of the molecule is COc1ccc(NC(=O)/C(C#N)=C/c2c(O)c3ccccc3oc2=O)cc1. The van der Waals surface area contributed by atoms with Crippen LogP contribution in [0.15, 0.2) is 63.3 Å². The molecule has 2 aromatic carbocycles. The lowest BCUT2D eigenvalue weighted by Gasteiger charge is -2.06. The highest BCUT2D eigenvalue weighted by Crippen LogP contribution is 2.27. The second-order valence-electron chi connectivity index (χ2n) is 5.50. The molecule has 27 heavy (non-hydrogen) atoms. The number of methoxy groups -OCH3 is 1. The molecule has 2 N–H and O–H groups in total. The highest BCUT2D eigenvalue weighted by Gasteiger charge is 2.16. The summed E-state index contributed by atoms with van der Waals surface area (Å²) < 4.78 is 10.2. The van der Waals surface area contributed by atoms with Gasteiger partial charge in [0.1, 0.15) is 34.3 Å². The molecule has 0 radical (unpaired) electrons. The first kappa shape index (κ1) is 17.8. The van der Waals surface area contributed by atoms with Crippen molar-refractivity contribution in [3.63, 3.8) is 0 Å². The Labute approximate surface area is 153 Å². The van der Waals surface area contributed by atoms with Crippen LogP contribution in [0, 0.1) is 11.3 Å². The van der Waals surface area contributed by atoms with E-state index in [1.54, 1.807) is 48.5 Å². The molecule has 1 heterocycles. The maximum atomic E-state index is 12.3. The molecule has 1 amide bonds. The van der Waals surface area contributed by atoms with E-state index in [2.05, 4.69) is 5.32 Å². The maximum absolute atomic E-state index is 12.3. The fourth-order valence-electron chi connectivity index (χ4n) is 2.44. The quantitative estimate of drug-likeness (QED) is 0.419. The third-order valence-corrected chi connectivity index (χ3v) is 3.82. The average Bonchev–Trinajstić information content (AvgIpc) is 2.68. The third-order valence-electron chi connectivity index (χ3n) is 3.82. The van der Waals surface area contributed by atoms with Gasteiger partial charge in [0.2, 0.25) is 0 Å². The molecule has 0 bridgehead atoms. The Morgan fingerprint density at radius 1 is 1.22 bits per heavy atom. The number of benzene rings is 2. The summed E-state index contributed by atoms with van der Waals surface area (Å²) in [5, 5.41) is 22.5. The highest BCUT2D eigenvalue weighted by atomic mass is 16.5. The predicted molar refractivity (Wildman–Crippen MR) is 99.4 cm³/mol. The van der Waals surface area contributed by atoms with E-state index in [-0.39, 0.29) is 22.5 Å². The molecule has 0 spiro atoms. The number of rotatable bonds is 4. The van der Waals surface area contributed by atoms with Crippen molar-refractivity contribution in [3.8, 4) is 17.6 Å². The summed E-state index contributed by atoms with van der Waals surface area (Å²) in [5.41, 5.74) is -0.829. The Kier molecular flexibility index (Phi) is 4.90. The summed E-state index contributed by atoms with van der Waals surface area (Å²) >= 11 is 0. The molecule has 0 atom stereocenters. The number of nitrogens with zero attached hydrogens (tertiary/aromatic N) is 1. The van der Waals surface area contributed by atoms with Crippen molar-refractivity contribution in [2.75, 3.05) is 12.4 Å². The van der Waals surface area contributed by atoms with Gasteiger partial charge in [-0.3, -0.25) is 4.79 Å². The van der Waals surface area contributed by atoms with Crippen molar-refractivity contribution in [2.24, 2.45) is 0 Å². The largest absolute Gasteiger partial charge is 0.506 e. The molecule has 134 valence electrons. The Morgan fingerprint density at radius 3 is 2.59 bits per heavy atom. The molecule has 3 rings (SSSR count). The van der Waals surface area contributed by atoms with Crippen LogP contribution >= 0.6 is 0 Å². The van der Waals surface area contributed by atoms with Crippen LogP contribution in [0.3, 0.4) is 0 Å². The summed E-state index contributed by atoms with van der Waals surface area (Å²) in [6, 6.07) is 14.7. The van der Waals surface area contributed by atoms with Crippen LogP contribution < -0.4 is 15.7 Å². The van der Waals surface area contributed by atoms with E-state index in [4.69, 9.17) is 9.15 Å². The summed E-state index contributed by atoms with van der Waals surface area (Å²) in [6.45, 7) is 0. The molecule has 3 aromatic rings. The van der Waals surface area contributed by atoms with Crippen molar-refractivity contribution >= 4 is 28.6 Å². The minimum absolute atomic E-state index is 0.207. The molecular formula is C20H14N2O5. The van der Waals surface area contributed by atoms with E-state index >= 15 is 0 Å². The Morgan fingerprint density at radius 2 is 1.93 bits per heavy atom. The van der Waals surface area contributed by atoms with E-state index in [9.17, 15) is 20.0 Å². The van der Waals surface area contributed by atoms with Crippen LogP contribution in [0.2, 0.25) is 0 Å². The van der Waals surface area contributed by atoms with Gasteiger partial charge in [0.25, 0.3) is 5.91 Å². The van der Waals surface area contributed by atoms with E-state index < -0.39 is 11.5 Å². The third kappa shape index (κ3) is 3.65. The van der Waals surface area contributed by atoms with Crippen molar-refractivity contribution < 1.29 is 19.1 Å². The Bertz CT molecular complexity index is 1140. The molecule has 7 heteroatoms. The smallest absolute Gasteiger partial charge is 0.347 e. The fourth-order valence-corrected chi connectivity index (χ4v) is 2.44. The molecule has 0 unspecified atom stereocenters. The first-order chi connectivity index (χ1) is 13.0. The molecule has 0 fully saturated rings. The number of nitrogens with one attached hydrogen (secondary N) is 1. The Hall–Kier alpha value is -4.05. The van der Waals surface area contributed by atoms with Crippen LogP contribution in [0.4, 0.5) is 5.69 Å². The lowest BCUT2D eigenvalue weighted by atomic mass is 10.1. The number of carbonyl (C=O) groups excluding carboxylic acids is 1. The number of amides is 1. The summed E-state index contributed by atoms with van der Waals surface area (Å²) in [6.07, 6.45) is 1.01. The van der Waals surface area contributed by atoms with Gasteiger partial charge in [0.15, 0.2) is 0 Å². The van der Waals surface area contributed by atoms with Crippen molar-refractivity contribution in [2.45, 2.75) is 0 Å². The van der Waals surface area contributed by atoms with Gasteiger partial charge in [-0.15, -0.1) is 0 Å². The van der Waals surface area contributed by atoms with E-state index in [1.165, 1.54) is 13.2 Å². The second-order valence-corrected chi connectivity index (χ2v) is 5.50. The van der Waals surface area contributed by atoms with Gasteiger partial charge in [-0.25, -0.2) is 4.79 Å². The molecular weight excluding hydrogens is 348 g/mol. The lowest BCUT2D eigenvalue weighted by molar-refractivity contribution is -0.112. The summed E-state index contributed by atoms with van der Waals surface area (Å²) in [5.74, 6) is -0.468. The van der Waals surface area contributed by atoms with Crippen LogP contribution in [0.25, 0.3) is 17.0 Å². The zero-order valence-corrected chi connectivity index (χ0v) is 14.2.